The third-order valence-electron chi connectivity index (χ3n) is 4.53. The average molecular weight is 327 g/mol. The standard InChI is InChI=1S/C17H13NO2S2/c19-17-18-16-15(22-17)13-10(8-21-16)7-20-12-6-5-9-3-1-2-4-11(9)14(12)13/h1-6,10,13H,7-8H2,(H,18,19). The summed E-state index contributed by atoms with van der Waals surface area (Å²) in [6.45, 7) is 0.731. The van der Waals surface area contributed by atoms with E-state index in [1.165, 1.54) is 32.5 Å². The van der Waals surface area contributed by atoms with E-state index in [2.05, 4.69) is 41.4 Å². The number of rotatable bonds is 0. The molecule has 0 saturated heterocycles. The van der Waals surface area contributed by atoms with Crippen LogP contribution < -0.4 is 9.61 Å². The maximum atomic E-state index is 11.8. The van der Waals surface area contributed by atoms with Crippen LogP contribution >= 0.6 is 23.1 Å². The molecule has 2 aliphatic heterocycles. The summed E-state index contributed by atoms with van der Waals surface area (Å²) >= 11 is 3.11. The van der Waals surface area contributed by atoms with Gasteiger partial charge in [0.2, 0.25) is 0 Å². The maximum absolute atomic E-state index is 11.8. The molecule has 0 fully saturated rings. The highest BCUT2D eigenvalue weighted by molar-refractivity contribution is 7.99. The van der Waals surface area contributed by atoms with Crippen LogP contribution in [0.1, 0.15) is 16.4 Å². The van der Waals surface area contributed by atoms with E-state index in [0.717, 1.165) is 23.1 Å². The summed E-state index contributed by atoms with van der Waals surface area (Å²) in [5.41, 5.74) is 1.26. The fourth-order valence-corrected chi connectivity index (χ4v) is 5.97. The minimum atomic E-state index is 0.0476. The molecular formula is C17H13NO2S2. The number of aromatic nitrogens is 1. The first-order chi connectivity index (χ1) is 10.8. The smallest absolute Gasteiger partial charge is 0.305 e. The number of fused-ring (bicyclic) bond motifs is 7. The summed E-state index contributed by atoms with van der Waals surface area (Å²) in [5, 5.41) is 3.53. The Balaban J connectivity index is 1.84. The van der Waals surface area contributed by atoms with Gasteiger partial charge in [-0.05, 0) is 16.8 Å². The monoisotopic (exact) mass is 327 g/mol. The first kappa shape index (κ1) is 12.8. The van der Waals surface area contributed by atoms with Crippen molar-refractivity contribution in [1.82, 2.24) is 4.98 Å². The number of benzene rings is 2. The van der Waals surface area contributed by atoms with Crippen molar-refractivity contribution >= 4 is 33.9 Å². The lowest BCUT2D eigenvalue weighted by atomic mass is 9.81. The average Bonchev–Trinajstić information content (AvgIpc) is 2.94. The van der Waals surface area contributed by atoms with Gasteiger partial charge in [0.15, 0.2) is 0 Å². The van der Waals surface area contributed by atoms with E-state index >= 15 is 0 Å². The molecule has 0 amide bonds. The number of nitrogens with one attached hydrogen (secondary N) is 1. The Hall–Kier alpha value is -1.72. The molecule has 0 radical (unpaired) electrons. The van der Waals surface area contributed by atoms with E-state index < -0.39 is 0 Å². The molecule has 0 bridgehead atoms. The van der Waals surface area contributed by atoms with Gasteiger partial charge in [0, 0.05) is 28.0 Å². The zero-order chi connectivity index (χ0) is 14.7. The van der Waals surface area contributed by atoms with Crippen molar-refractivity contribution in [3.63, 3.8) is 0 Å². The van der Waals surface area contributed by atoms with Gasteiger partial charge in [0.1, 0.15) is 5.75 Å². The third-order valence-corrected chi connectivity index (χ3v) is 6.83. The van der Waals surface area contributed by atoms with Gasteiger partial charge in [-0.1, -0.05) is 41.7 Å². The van der Waals surface area contributed by atoms with Crippen molar-refractivity contribution in [3.8, 4) is 5.75 Å². The number of hydrogen-bond donors (Lipinski definition) is 1. The van der Waals surface area contributed by atoms with Crippen molar-refractivity contribution < 1.29 is 4.74 Å². The molecule has 3 heterocycles. The molecule has 1 aromatic heterocycles. The zero-order valence-corrected chi connectivity index (χ0v) is 13.3. The normalized spacial score (nSPS) is 22.5. The summed E-state index contributed by atoms with van der Waals surface area (Å²) in [4.78, 5) is 16.1. The third kappa shape index (κ3) is 1.72. The highest BCUT2D eigenvalue weighted by Gasteiger charge is 2.39. The van der Waals surface area contributed by atoms with Crippen LogP contribution in [0.5, 0.6) is 5.75 Å². The topological polar surface area (TPSA) is 42.1 Å². The highest BCUT2D eigenvalue weighted by atomic mass is 32.2. The maximum Gasteiger partial charge on any atom is 0.305 e. The zero-order valence-electron chi connectivity index (χ0n) is 11.7. The second-order valence-electron chi connectivity index (χ2n) is 5.77. The molecule has 2 aromatic carbocycles. The van der Waals surface area contributed by atoms with Crippen molar-refractivity contribution in [2.24, 2.45) is 5.92 Å². The van der Waals surface area contributed by atoms with Crippen LogP contribution in [0.25, 0.3) is 10.8 Å². The van der Waals surface area contributed by atoms with Crippen molar-refractivity contribution in [2.75, 3.05) is 12.4 Å². The van der Waals surface area contributed by atoms with E-state index in [1.54, 1.807) is 11.8 Å². The summed E-state index contributed by atoms with van der Waals surface area (Å²) in [6.07, 6.45) is 0. The Labute approximate surface area is 135 Å². The Bertz CT molecular complexity index is 943. The van der Waals surface area contributed by atoms with E-state index in [4.69, 9.17) is 4.74 Å². The molecule has 110 valence electrons. The molecule has 2 atom stereocenters. The fraction of sp³-hybridized carbons (Fsp3) is 0.235. The van der Waals surface area contributed by atoms with Crippen LogP contribution in [0, 0.1) is 5.92 Å². The number of thiazole rings is 1. The molecule has 3 nitrogen and oxygen atoms in total. The minimum Gasteiger partial charge on any atom is -0.493 e. The highest BCUT2D eigenvalue weighted by Crippen LogP contribution is 2.51. The lowest BCUT2D eigenvalue weighted by Gasteiger charge is -2.36. The largest absolute Gasteiger partial charge is 0.493 e. The predicted octanol–water partition coefficient (Wildman–Crippen LogP) is 3.84. The lowest BCUT2D eigenvalue weighted by molar-refractivity contribution is 0.220. The first-order valence-corrected chi connectivity index (χ1v) is 9.12. The van der Waals surface area contributed by atoms with Crippen LogP contribution in [0.15, 0.2) is 46.2 Å². The number of hydrogen-bond acceptors (Lipinski definition) is 4. The lowest BCUT2D eigenvalue weighted by Crippen LogP contribution is -2.30. The Morgan fingerprint density at radius 1 is 1.18 bits per heavy atom. The van der Waals surface area contributed by atoms with Crippen LogP contribution in [-0.4, -0.2) is 17.3 Å². The first-order valence-electron chi connectivity index (χ1n) is 7.31. The van der Waals surface area contributed by atoms with Gasteiger partial charge in [-0.2, -0.15) is 0 Å². The summed E-state index contributed by atoms with van der Waals surface area (Å²) in [7, 11) is 0. The Morgan fingerprint density at radius 3 is 3.05 bits per heavy atom. The molecule has 0 aliphatic carbocycles. The number of ether oxygens (including phenoxy) is 1. The van der Waals surface area contributed by atoms with E-state index in [0.29, 0.717) is 5.92 Å². The molecule has 5 heteroatoms. The number of aromatic amines is 1. The fourth-order valence-electron chi connectivity index (χ4n) is 3.57. The van der Waals surface area contributed by atoms with Gasteiger partial charge in [-0.3, -0.25) is 4.79 Å². The summed E-state index contributed by atoms with van der Waals surface area (Å²) in [5.74, 6) is 2.67. The molecule has 0 spiro atoms. The predicted molar refractivity (Wildman–Crippen MR) is 90.4 cm³/mol. The second-order valence-corrected chi connectivity index (χ2v) is 7.81. The van der Waals surface area contributed by atoms with E-state index in [-0.39, 0.29) is 10.8 Å². The molecule has 0 saturated carbocycles. The molecule has 5 rings (SSSR count). The SMILES string of the molecule is O=c1[nH]c2c(s1)C1c3c(ccc4ccccc34)OCC1CS2. The quantitative estimate of drug-likeness (QED) is 0.682. The van der Waals surface area contributed by atoms with E-state index in [9.17, 15) is 4.79 Å². The van der Waals surface area contributed by atoms with Crippen LogP contribution in [-0.2, 0) is 0 Å². The molecule has 22 heavy (non-hydrogen) atoms. The summed E-state index contributed by atoms with van der Waals surface area (Å²) < 4.78 is 6.03. The molecule has 1 N–H and O–H groups in total. The Kier molecular flexibility index (Phi) is 2.69. The second kappa shape index (κ2) is 4.64. The van der Waals surface area contributed by atoms with Gasteiger partial charge in [-0.15, -0.1) is 11.8 Å². The van der Waals surface area contributed by atoms with Gasteiger partial charge in [0.05, 0.1) is 11.6 Å². The van der Waals surface area contributed by atoms with Crippen molar-refractivity contribution in [3.05, 3.63) is 56.5 Å². The van der Waals surface area contributed by atoms with Gasteiger partial charge >= 0.3 is 4.87 Å². The van der Waals surface area contributed by atoms with Crippen LogP contribution in [0.4, 0.5) is 0 Å². The number of thioether (sulfide) groups is 1. The van der Waals surface area contributed by atoms with E-state index in [1.807, 2.05) is 0 Å². The van der Waals surface area contributed by atoms with Crippen molar-refractivity contribution in [1.29, 1.82) is 0 Å². The summed E-state index contributed by atoms with van der Waals surface area (Å²) in [6, 6.07) is 12.6. The minimum absolute atomic E-state index is 0.0476. The Morgan fingerprint density at radius 2 is 2.09 bits per heavy atom. The van der Waals surface area contributed by atoms with Gasteiger partial charge in [0.25, 0.3) is 0 Å². The molecule has 2 aliphatic rings. The van der Waals surface area contributed by atoms with Crippen LogP contribution in [0.3, 0.4) is 0 Å². The molecular weight excluding hydrogens is 314 g/mol. The molecule has 2 unspecified atom stereocenters. The molecule has 3 aromatic rings. The van der Waals surface area contributed by atoms with Crippen LogP contribution in [0.2, 0.25) is 0 Å². The van der Waals surface area contributed by atoms with Crippen molar-refractivity contribution in [2.45, 2.75) is 10.9 Å². The van der Waals surface area contributed by atoms with Gasteiger partial charge in [-0.25, -0.2) is 0 Å². The van der Waals surface area contributed by atoms with Gasteiger partial charge < -0.3 is 9.72 Å². The number of H-pyrrole nitrogens is 1.